The molecule has 0 heterocycles. The molecule has 0 aromatic rings. The lowest BCUT2D eigenvalue weighted by Gasteiger charge is -2.36. The molecule has 1 nitrogen and oxygen atoms in total. The van der Waals surface area contributed by atoms with Crippen molar-refractivity contribution in [2.45, 2.75) is 59.3 Å². The topological polar surface area (TPSA) is 17.1 Å². The van der Waals surface area contributed by atoms with Crippen LogP contribution in [-0.2, 0) is 4.79 Å². The Labute approximate surface area is 100.0 Å². The van der Waals surface area contributed by atoms with Crippen molar-refractivity contribution >= 4 is 5.78 Å². The van der Waals surface area contributed by atoms with E-state index in [0.29, 0.717) is 23.5 Å². The van der Waals surface area contributed by atoms with E-state index >= 15 is 0 Å². The number of carbonyl (C=O) groups excluding carboxylic acids is 1. The molecular formula is C15H26O. The Morgan fingerprint density at radius 1 is 1.19 bits per heavy atom. The Morgan fingerprint density at radius 3 is 2.44 bits per heavy atom. The minimum Gasteiger partial charge on any atom is -0.299 e. The highest BCUT2D eigenvalue weighted by molar-refractivity contribution is 5.82. The van der Waals surface area contributed by atoms with Gasteiger partial charge in [0, 0.05) is 12.3 Å². The van der Waals surface area contributed by atoms with Gasteiger partial charge in [0.15, 0.2) is 0 Å². The van der Waals surface area contributed by atoms with Crippen molar-refractivity contribution in [3.8, 4) is 0 Å². The van der Waals surface area contributed by atoms with E-state index in [1.165, 1.54) is 25.7 Å². The summed E-state index contributed by atoms with van der Waals surface area (Å²) in [5.41, 5.74) is 0. The number of carbonyl (C=O) groups is 1. The summed E-state index contributed by atoms with van der Waals surface area (Å²) in [6, 6.07) is 0. The standard InChI is InChI=1S/C15H26O/c1-10(2)13-7-4-11(3)8-14(13)15(16)9-12-5-6-12/h10-14H,4-9H2,1-3H3/t11-,13+,14-/m1/s1. The van der Waals surface area contributed by atoms with Gasteiger partial charge in [-0.05, 0) is 49.4 Å². The fraction of sp³-hybridized carbons (Fsp3) is 0.933. The molecule has 2 aliphatic rings. The molecule has 0 radical (unpaired) electrons. The van der Waals surface area contributed by atoms with Gasteiger partial charge in [-0.1, -0.05) is 27.2 Å². The summed E-state index contributed by atoms with van der Waals surface area (Å²) in [6.07, 6.45) is 7.27. The van der Waals surface area contributed by atoms with Crippen LogP contribution >= 0.6 is 0 Å². The first-order valence-electron chi connectivity index (χ1n) is 7.10. The summed E-state index contributed by atoms with van der Waals surface area (Å²) in [6.45, 7) is 6.89. The smallest absolute Gasteiger partial charge is 0.136 e. The molecule has 2 fully saturated rings. The van der Waals surface area contributed by atoms with Gasteiger partial charge in [-0.2, -0.15) is 0 Å². The molecule has 2 rings (SSSR count). The van der Waals surface area contributed by atoms with Crippen LogP contribution < -0.4 is 0 Å². The molecule has 2 saturated carbocycles. The number of rotatable bonds is 4. The van der Waals surface area contributed by atoms with Crippen LogP contribution in [0, 0.1) is 29.6 Å². The van der Waals surface area contributed by atoms with Crippen molar-refractivity contribution in [1.82, 2.24) is 0 Å². The van der Waals surface area contributed by atoms with Crippen molar-refractivity contribution in [2.75, 3.05) is 0 Å². The zero-order chi connectivity index (χ0) is 11.7. The Morgan fingerprint density at radius 2 is 1.88 bits per heavy atom. The summed E-state index contributed by atoms with van der Waals surface area (Å²) < 4.78 is 0. The second-order valence-electron chi connectivity index (χ2n) is 6.55. The van der Waals surface area contributed by atoms with Gasteiger partial charge in [0.05, 0.1) is 0 Å². The maximum Gasteiger partial charge on any atom is 0.136 e. The molecule has 0 bridgehead atoms. The third-order valence-corrected chi connectivity index (χ3v) is 4.62. The van der Waals surface area contributed by atoms with Crippen LogP contribution in [0.4, 0.5) is 0 Å². The molecule has 16 heavy (non-hydrogen) atoms. The third-order valence-electron chi connectivity index (χ3n) is 4.62. The van der Waals surface area contributed by atoms with Crippen molar-refractivity contribution in [3.05, 3.63) is 0 Å². The van der Waals surface area contributed by atoms with Crippen molar-refractivity contribution in [3.63, 3.8) is 0 Å². The van der Waals surface area contributed by atoms with Gasteiger partial charge >= 0.3 is 0 Å². The quantitative estimate of drug-likeness (QED) is 0.701. The fourth-order valence-electron chi connectivity index (χ4n) is 3.33. The highest BCUT2D eigenvalue weighted by atomic mass is 16.1. The van der Waals surface area contributed by atoms with E-state index < -0.39 is 0 Å². The van der Waals surface area contributed by atoms with Crippen LogP contribution in [0.15, 0.2) is 0 Å². The molecule has 0 aromatic carbocycles. The van der Waals surface area contributed by atoms with E-state index in [-0.39, 0.29) is 0 Å². The van der Waals surface area contributed by atoms with E-state index in [1.54, 1.807) is 0 Å². The Bertz CT molecular complexity index is 252. The second kappa shape index (κ2) is 4.89. The zero-order valence-corrected chi connectivity index (χ0v) is 11.0. The van der Waals surface area contributed by atoms with E-state index in [0.717, 1.165) is 24.7 Å². The van der Waals surface area contributed by atoms with E-state index in [1.807, 2.05) is 0 Å². The highest BCUT2D eigenvalue weighted by Crippen LogP contribution is 2.41. The number of ketones is 1. The van der Waals surface area contributed by atoms with E-state index in [2.05, 4.69) is 20.8 Å². The lowest BCUT2D eigenvalue weighted by atomic mass is 9.68. The molecule has 92 valence electrons. The fourth-order valence-corrected chi connectivity index (χ4v) is 3.33. The first-order valence-corrected chi connectivity index (χ1v) is 7.10. The van der Waals surface area contributed by atoms with Gasteiger partial charge in [0.2, 0.25) is 0 Å². The monoisotopic (exact) mass is 222 g/mol. The largest absolute Gasteiger partial charge is 0.299 e. The number of Topliss-reactive ketones (excluding diaryl/α,β-unsaturated/α-hetero) is 1. The van der Waals surface area contributed by atoms with Crippen molar-refractivity contribution in [2.24, 2.45) is 29.6 Å². The number of hydrogen-bond donors (Lipinski definition) is 0. The summed E-state index contributed by atoms with van der Waals surface area (Å²) in [4.78, 5) is 12.3. The van der Waals surface area contributed by atoms with Gasteiger partial charge in [-0.25, -0.2) is 0 Å². The first-order chi connectivity index (χ1) is 7.58. The predicted octanol–water partition coefficient (Wildman–Crippen LogP) is 4.06. The van der Waals surface area contributed by atoms with Crippen LogP contribution in [0.1, 0.15) is 59.3 Å². The van der Waals surface area contributed by atoms with Crippen LogP contribution in [0.3, 0.4) is 0 Å². The predicted molar refractivity (Wildman–Crippen MR) is 67.2 cm³/mol. The van der Waals surface area contributed by atoms with Crippen LogP contribution in [-0.4, -0.2) is 5.78 Å². The SMILES string of the molecule is CC(C)[C@@H]1CC[C@@H](C)C[C@H]1C(=O)CC1CC1. The van der Waals surface area contributed by atoms with Crippen molar-refractivity contribution in [1.29, 1.82) is 0 Å². The summed E-state index contributed by atoms with van der Waals surface area (Å²) >= 11 is 0. The lowest BCUT2D eigenvalue weighted by Crippen LogP contribution is -2.33. The average molecular weight is 222 g/mol. The van der Waals surface area contributed by atoms with Crippen LogP contribution in [0.2, 0.25) is 0 Å². The van der Waals surface area contributed by atoms with Crippen molar-refractivity contribution < 1.29 is 4.79 Å². The van der Waals surface area contributed by atoms with Gasteiger partial charge < -0.3 is 0 Å². The highest BCUT2D eigenvalue weighted by Gasteiger charge is 2.37. The Hall–Kier alpha value is -0.330. The van der Waals surface area contributed by atoms with E-state index in [9.17, 15) is 4.79 Å². The lowest BCUT2D eigenvalue weighted by molar-refractivity contribution is -0.127. The van der Waals surface area contributed by atoms with E-state index in [4.69, 9.17) is 0 Å². The molecule has 0 aliphatic heterocycles. The molecule has 0 amide bonds. The van der Waals surface area contributed by atoms with Gasteiger partial charge in [0.1, 0.15) is 5.78 Å². The molecule has 0 unspecified atom stereocenters. The third kappa shape index (κ3) is 2.87. The minimum absolute atomic E-state index is 0.393. The number of hydrogen-bond acceptors (Lipinski definition) is 1. The molecule has 2 aliphatic carbocycles. The normalized spacial score (nSPS) is 35.4. The molecule has 1 heteroatoms. The van der Waals surface area contributed by atoms with Crippen LogP contribution in [0.5, 0.6) is 0 Å². The first kappa shape index (κ1) is 12.1. The van der Waals surface area contributed by atoms with Gasteiger partial charge in [-0.15, -0.1) is 0 Å². The Balaban J connectivity index is 1.97. The average Bonchev–Trinajstić information content (AvgIpc) is 3.01. The molecule has 0 N–H and O–H groups in total. The zero-order valence-electron chi connectivity index (χ0n) is 11.0. The minimum atomic E-state index is 0.393. The van der Waals surface area contributed by atoms with Gasteiger partial charge in [0.25, 0.3) is 0 Å². The van der Waals surface area contributed by atoms with Crippen LogP contribution in [0.25, 0.3) is 0 Å². The summed E-state index contributed by atoms with van der Waals surface area (Å²) in [5, 5.41) is 0. The molecule has 0 spiro atoms. The molecule has 0 aromatic heterocycles. The van der Waals surface area contributed by atoms with Gasteiger partial charge in [-0.3, -0.25) is 4.79 Å². The molecule has 3 atom stereocenters. The molecular weight excluding hydrogens is 196 g/mol. The summed E-state index contributed by atoms with van der Waals surface area (Å²) in [7, 11) is 0. The summed E-state index contributed by atoms with van der Waals surface area (Å²) in [5.74, 6) is 3.86. The maximum absolute atomic E-state index is 12.3. The second-order valence-corrected chi connectivity index (χ2v) is 6.55. The Kier molecular flexibility index (Phi) is 3.71. The molecule has 0 saturated heterocycles. The maximum atomic E-state index is 12.3.